The van der Waals surface area contributed by atoms with Crippen LogP contribution in [0.4, 0.5) is 0 Å². The van der Waals surface area contributed by atoms with E-state index in [-0.39, 0.29) is 22.8 Å². The molecule has 5 heteroatoms. The standard InChI is InChI=1S/C29H24O5/c1-33-29-16-8-20(7-15-27(31)26-14-11-24(30)18-28(26)32)17-23(29)19-34-25-12-9-22(10-13-25)21-5-3-2-4-6-21/h2-18,30,32H,19H2,1H3/b15-7+. The average Bonchev–Trinajstić information content (AvgIpc) is 2.87. The first-order valence-corrected chi connectivity index (χ1v) is 10.7. The quantitative estimate of drug-likeness (QED) is 0.244. The normalized spacial score (nSPS) is 10.9. The van der Waals surface area contributed by atoms with Crippen LogP contribution in [0.2, 0.25) is 0 Å². The second-order valence-corrected chi connectivity index (χ2v) is 7.65. The van der Waals surface area contributed by atoms with Gasteiger partial charge in [-0.2, -0.15) is 0 Å². The van der Waals surface area contributed by atoms with E-state index in [1.54, 1.807) is 13.2 Å². The van der Waals surface area contributed by atoms with Crippen molar-refractivity contribution in [1.29, 1.82) is 0 Å². The molecule has 0 radical (unpaired) electrons. The van der Waals surface area contributed by atoms with E-state index in [4.69, 9.17) is 9.47 Å². The number of aromatic hydroxyl groups is 2. The van der Waals surface area contributed by atoms with Crippen LogP contribution in [0.5, 0.6) is 23.0 Å². The van der Waals surface area contributed by atoms with E-state index < -0.39 is 0 Å². The molecule has 34 heavy (non-hydrogen) atoms. The van der Waals surface area contributed by atoms with Crippen molar-refractivity contribution in [2.45, 2.75) is 6.61 Å². The number of phenolic OH excluding ortho intramolecular Hbond substituents is 2. The van der Waals surface area contributed by atoms with Crippen LogP contribution in [-0.2, 0) is 6.61 Å². The third kappa shape index (κ3) is 5.45. The lowest BCUT2D eigenvalue weighted by Crippen LogP contribution is -1.99. The lowest BCUT2D eigenvalue weighted by Gasteiger charge is -2.12. The van der Waals surface area contributed by atoms with Gasteiger partial charge in [-0.25, -0.2) is 0 Å². The van der Waals surface area contributed by atoms with Gasteiger partial charge in [-0.1, -0.05) is 54.6 Å². The molecule has 0 aliphatic rings. The van der Waals surface area contributed by atoms with E-state index in [2.05, 4.69) is 12.1 Å². The van der Waals surface area contributed by atoms with Crippen molar-refractivity contribution in [3.8, 4) is 34.1 Å². The fourth-order valence-electron chi connectivity index (χ4n) is 3.54. The molecule has 0 unspecified atom stereocenters. The molecule has 170 valence electrons. The second kappa shape index (κ2) is 10.4. The summed E-state index contributed by atoms with van der Waals surface area (Å²) < 4.78 is 11.4. The first kappa shape index (κ1) is 22.7. The summed E-state index contributed by atoms with van der Waals surface area (Å²) in [6.45, 7) is 0.294. The number of benzene rings is 4. The van der Waals surface area contributed by atoms with E-state index in [0.717, 1.165) is 34.1 Å². The summed E-state index contributed by atoms with van der Waals surface area (Å²) in [7, 11) is 1.60. The molecule has 0 saturated heterocycles. The van der Waals surface area contributed by atoms with Crippen LogP contribution in [0.3, 0.4) is 0 Å². The number of ketones is 1. The number of hydrogen-bond donors (Lipinski definition) is 2. The Bertz CT molecular complexity index is 1310. The Morgan fingerprint density at radius 3 is 2.29 bits per heavy atom. The zero-order chi connectivity index (χ0) is 23.9. The Morgan fingerprint density at radius 2 is 1.59 bits per heavy atom. The molecule has 0 atom stereocenters. The lowest BCUT2D eigenvalue weighted by molar-refractivity contribution is 0.104. The van der Waals surface area contributed by atoms with Crippen molar-refractivity contribution < 1.29 is 24.5 Å². The minimum atomic E-state index is -0.371. The van der Waals surface area contributed by atoms with Gasteiger partial charge < -0.3 is 19.7 Å². The molecule has 0 spiro atoms. The zero-order valence-electron chi connectivity index (χ0n) is 18.6. The van der Waals surface area contributed by atoms with Gasteiger partial charge in [0.15, 0.2) is 5.78 Å². The lowest BCUT2D eigenvalue weighted by atomic mass is 10.1. The maximum absolute atomic E-state index is 12.4. The van der Waals surface area contributed by atoms with E-state index in [1.165, 1.54) is 18.2 Å². The Labute approximate surface area is 198 Å². The Morgan fingerprint density at radius 1 is 0.853 bits per heavy atom. The highest BCUT2D eigenvalue weighted by atomic mass is 16.5. The van der Waals surface area contributed by atoms with Gasteiger partial charge in [0.2, 0.25) is 0 Å². The van der Waals surface area contributed by atoms with Crippen molar-refractivity contribution in [3.05, 3.63) is 114 Å². The number of methoxy groups -OCH3 is 1. The van der Waals surface area contributed by atoms with Gasteiger partial charge >= 0.3 is 0 Å². The summed E-state index contributed by atoms with van der Waals surface area (Å²) >= 11 is 0. The molecule has 5 nitrogen and oxygen atoms in total. The van der Waals surface area contributed by atoms with Gasteiger partial charge in [0.05, 0.1) is 12.7 Å². The summed E-state index contributed by atoms with van der Waals surface area (Å²) in [5, 5.41) is 19.3. The van der Waals surface area contributed by atoms with Crippen molar-refractivity contribution in [2.75, 3.05) is 7.11 Å². The van der Waals surface area contributed by atoms with Gasteiger partial charge in [0, 0.05) is 11.6 Å². The highest BCUT2D eigenvalue weighted by Crippen LogP contribution is 2.26. The van der Waals surface area contributed by atoms with Crippen molar-refractivity contribution in [3.63, 3.8) is 0 Å². The number of hydrogen-bond acceptors (Lipinski definition) is 5. The minimum Gasteiger partial charge on any atom is -0.508 e. The third-order valence-corrected chi connectivity index (χ3v) is 5.33. The summed E-state index contributed by atoms with van der Waals surface area (Å²) in [6, 6.07) is 27.4. The van der Waals surface area contributed by atoms with Gasteiger partial charge in [-0.3, -0.25) is 4.79 Å². The van der Waals surface area contributed by atoms with E-state index in [1.807, 2.05) is 60.7 Å². The summed E-state index contributed by atoms with van der Waals surface area (Å²) in [5.74, 6) is 0.676. The summed E-state index contributed by atoms with van der Waals surface area (Å²) in [4.78, 5) is 12.4. The topological polar surface area (TPSA) is 76.0 Å². The molecule has 0 fully saturated rings. The van der Waals surface area contributed by atoms with Crippen LogP contribution in [-0.4, -0.2) is 23.1 Å². The second-order valence-electron chi connectivity index (χ2n) is 7.65. The summed E-state index contributed by atoms with van der Waals surface area (Å²) in [5.41, 5.74) is 3.99. The minimum absolute atomic E-state index is 0.104. The molecule has 0 heterocycles. The highest BCUT2D eigenvalue weighted by Gasteiger charge is 2.10. The smallest absolute Gasteiger partial charge is 0.189 e. The first-order chi connectivity index (χ1) is 16.5. The number of carbonyl (C=O) groups excluding carboxylic acids is 1. The number of rotatable bonds is 8. The molecule has 0 saturated carbocycles. The molecular formula is C29H24O5. The van der Waals surface area contributed by atoms with Crippen molar-refractivity contribution >= 4 is 11.9 Å². The van der Waals surface area contributed by atoms with Crippen LogP contribution < -0.4 is 9.47 Å². The summed E-state index contributed by atoms with van der Waals surface area (Å²) in [6.07, 6.45) is 3.03. The van der Waals surface area contributed by atoms with Crippen LogP contribution >= 0.6 is 0 Å². The molecule has 0 bridgehead atoms. The Balaban J connectivity index is 1.46. The largest absolute Gasteiger partial charge is 0.508 e. The highest BCUT2D eigenvalue weighted by molar-refractivity contribution is 6.08. The van der Waals surface area contributed by atoms with E-state index >= 15 is 0 Å². The van der Waals surface area contributed by atoms with E-state index in [9.17, 15) is 15.0 Å². The molecule has 2 N–H and O–H groups in total. The Kier molecular flexibility index (Phi) is 6.94. The maximum atomic E-state index is 12.4. The molecule has 0 amide bonds. The SMILES string of the molecule is COc1ccc(/C=C/C(=O)c2ccc(O)cc2O)cc1COc1ccc(-c2ccccc2)cc1. The third-order valence-electron chi connectivity index (χ3n) is 5.33. The van der Waals surface area contributed by atoms with Crippen LogP contribution in [0.25, 0.3) is 17.2 Å². The number of carbonyl (C=O) groups is 1. The van der Waals surface area contributed by atoms with Crippen molar-refractivity contribution in [1.82, 2.24) is 0 Å². The molecular weight excluding hydrogens is 428 g/mol. The van der Waals surface area contributed by atoms with E-state index in [0.29, 0.717) is 12.4 Å². The van der Waals surface area contributed by atoms with Gasteiger partial charge in [0.25, 0.3) is 0 Å². The Hall–Kier alpha value is -4.51. The molecule has 0 aliphatic heterocycles. The molecule has 0 aliphatic carbocycles. The fraction of sp³-hybridized carbons (Fsp3) is 0.0690. The average molecular weight is 453 g/mol. The van der Waals surface area contributed by atoms with Crippen molar-refractivity contribution in [2.24, 2.45) is 0 Å². The predicted molar refractivity (Wildman–Crippen MR) is 132 cm³/mol. The van der Waals surface area contributed by atoms with Crippen LogP contribution in [0, 0.1) is 0 Å². The van der Waals surface area contributed by atoms with Gasteiger partial charge in [-0.15, -0.1) is 0 Å². The number of allylic oxidation sites excluding steroid dienone is 1. The number of ether oxygens (including phenoxy) is 2. The molecule has 0 aromatic heterocycles. The zero-order valence-corrected chi connectivity index (χ0v) is 18.6. The van der Waals surface area contributed by atoms with Gasteiger partial charge in [-0.05, 0) is 59.2 Å². The maximum Gasteiger partial charge on any atom is 0.189 e. The first-order valence-electron chi connectivity index (χ1n) is 10.7. The van der Waals surface area contributed by atoms with Crippen LogP contribution in [0.1, 0.15) is 21.5 Å². The predicted octanol–water partition coefficient (Wildman–Crippen LogP) is 6.25. The van der Waals surface area contributed by atoms with Gasteiger partial charge in [0.1, 0.15) is 29.6 Å². The molecule has 4 aromatic carbocycles. The fourth-order valence-corrected chi connectivity index (χ4v) is 3.54. The monoisotopic (exact) mass is 452 g/mol. The number of phenols is 2. The molecule has 4 aromatic rings. The molecule has 4 rings (SSSR count). The van der Waals surface area contributed by atoms with Crippen LogP contribution in [0.15, 0.2) is 97.1 Å².